The average molecular weight is 460 g/mol. The van der Waals surface area contributed by atoms with Gasteiger partial charge in [0.15, 0.2) is 0 Å². The van der Waals surface area contributed by atoms with E-state index in [9.17, 15) is 14.4 Å². The molecule has 1 fully saturated rings. The molecular weight excluding hydrogens is 430 g/mol. The van der Waals surface area contributed by atoms with Crippen molar-refractivity contribution >= 4 is 23.5 Å². The van der Waals surface area contributed by atoms with Crippen LogP contribution in [0.3, 0.4) is 0 Å². The summed E-state index contributed by atoms with van der Waals surface area (Å²) in [4.78, 5) is 43.8. The molecule has 1 aromatic heterocycles. The van der Waals surface area contributed by atoms with E-state index in [0.717, 1.165) is 16.0 Å². The molecule has 2 heterocycles. The molecule has 2 aromatic carbocycles. The van der Waals surface area contributed by atoms with Crippen LogP contribution in [-0.2, 0) is 16.6 Å². The van der Waals surface area contributed by atoms with Crippen molar-refractivity contribution in [1.29, 1.82) is 0 Å². The number of nitrogens with one attached hydrogen (secondary N) is 2. The smallest absolute Gasteiger partial charge is 0.329 e. The van der Waals surface area contributed by atoms with Gasteiger partial charge in [0, 0.05) is 25.9 Å². The van der Waals surface area contributed by atoms with E-state index in [1.54, 1.807) is 18.3 Å². The van der Waals surface area contributed by atoms with Gasteiger partial charge in [-0.15, -0.1) is 0 Å². The maximum Gasteiger partial charge on any atom is 0.329 e. The van der Waals surface area contributed by atoms with E-state index in [2.05, 4.69) is 29.5 Å². The highest BCUT2D eigenvalue weighted by Gasteiger charge is 2.39. The Morgan fingerprint density at radius 1 is 1.06 bits per heavy atom. The third kappa shape index (κ3) is 4.85. The van der Waals surface area contributed by atoms with Crippen molar-refractivity contribution in [1.82, 2.24) is 20.2 Å². The molecule has 4 amide bonds. The molecule has 0 bridgehead atoms. The number of carbonyl (C=O) groups is 3. The number of anilines is 1. The molecule has 4 rings (SSSR count). The van der Waals surface area contributed by atoms with Crippen LogP contribution in [0.25, 0.3) is 0 Å². The zero-order valence-corrected chi connectivity index (χ0v) is 19.6. The standard InChI is InChI=1S/C26H29N5O3/c1-17(2)18-9-11-20(12-10-18)31-25(33)21(28-26(31)34)13-14-22(32)29-23(19-7-5-4-6-8-19)24-27-15-16-30(24)3/h4-12,15-17,21,23H,13-14H2,1-3H3,(H,28,34)(H,29,32)/t21-,23+/m1/s1. The summed E-state index contributed by atoms with van der Waals surface area (Å²) in [5, 5.41) is 5.73. The van der Waals surface area contributed by atoms with Crippen molar-refractivity contribution in [3.05, 3.63) is 83.9 Å². The van der Waals surface area contributed by atoms with E-state index in [4.69, 9.17) is 0 Å². The molecule has 0 spiro atoms. The Balaban J connectivity index is 1.41. The van der Waals surface area contributed by atoms with E-state index in [-0.39, 0.29) is 24.7 Å². The molecule has 34 heavy (non-hydrogen) atoms. The van der Waals surface area contributed by atoms with E-state index < -0.39 is 18.1 Å². The molecule has 0 unspecified atom stereocenters. The fraction of sp³-hybridized carbons (Fsp3) is 0.308. The maximum absolute atomic E-state index is 12.9. The van der Waals surface area contributed by atoms with Gasteiger partial charge in [-0.3, -0.25) is 9.59 Å². The summed E-state index contributed by atoms with van der Waals surface area (Å²) >= 11 is 0. The minimum atomic E-state index is -0.744. The first-order valence-corrected chi connectivity index (χ1v) is 11.4. The van der Waals surface area contributed by atoms with E-state index >= 15 is 0 Å². The number of carbonyl (C=O) groups excluding carboxylic acids is 3. The summed E-state index contributed by atoms with van der Waals surface area (Å²) in [6, 6.07) is 15.4. The average Bonchev–Trinajstić information content (AvgIpc) is 3.38. The molecule has 1 aliphatic rings. The molecule has 0 saturated carbocycles. The lowest BCUT2D eigenvalue weighted by atomic mass is 10.0. The minimum Gasteiger partial charge on any atom is -0.342 e. The van der Waals surface area contributed by atoms with Crippen LogP contribution in [0.4, 0.5) is 10.5 Å². The molecule has 1 saturated heterocycles. The maximum atomic E-state index is 12.9. The van der Waals surface area contributed by atoms with Gasteiger partial charge < -0.3 is 15.2 Å². The summed E-state index contributed by atoms with van der Waals surface area (Å²) in [5.74, 6) is 0.493. The van der Waals surface area contributed by atoms with Crippen molar-refractivity contribution in [2.24, 2.45) is 7.05 Å². The molecule has 1 aliphatic heterocycles. The summed E-state index contributed by atoms with van der Waals surface area (Å²) in [7, 11) is 1.87. The van der Waals surface area contributed by atoms with Gasteiger partial charge in [0.1, 0.15) is 17.9 Å². The monoisotopic (exact) mass is 459 g/mol. The second kappa shape index (κ2) is 9.91. The molecule has 8 nitrogen and oxygen atoms in total. The van der Waals surface area contributed by atoms with Crippen LogP contribution in [-0.4, -0.2) is 33.4 Å². The molecule has 0 aliphatic carbocycles. The van der Waals surface area contributed by atoms with Gasteiger partial charge >= 0.3 is 6.03 Å². The van der Waals surface area contributed by atoms with Crippen LogP contribution in [0.15, 0.2) is 67.0 Å². The largest absolute Gasteiger partial charge is 0.342 e. The number of hydrogen-bond donors (Lipinski definition) is 2. The Hall–Kier alpha value is -3.94. The van der Waals surface area contributed by atoms with E-state index in [1.807, 2.05) is 60.3 Å². The topological polar surface area (TPSA) is 96.3 Å². The van der Waals surface area contributed by atoms with E-state index in [0.29, 0.717) is 17.4 Å². The number of amides is 4. The van der Waals surface area contributed by atoms with Crippen LogP contribution in [0, 0.1) is 0 Å². The van der Waals surface area contributed by atoms with Crippen molar-refractivity contribution in [2.75, 3.05) is 4.90 Å². The number of imide groups is 1. The van der Waals surface area contributed by atoms with Gasteiger partial charge in [-0.25, -0.2) is 14.7 Å². The van der Waals surface area contributed by atoms with Crippen molar-refractivity contribution in [2.45, 2.75) is 44.7 Å². The highest BCUT2D eigenvalue weighted by atomic mass is 16.2. The van der Waals surface area contributed by atoms with E-state index in [1.165, 1.54) is 0 Å². The van der Waals surface area contributed by atoms with Crippen LogP contribution >= 0.6 is 0 Å². The van der Waals surface area contributed by atoms with Gasteiger partial charge in [0.25, 0.3) is 5.91 Å². The normalized spacial score (nSPS) is 16.6. The van der Waals surface area contributed by atoms with Gasteiger partial charge in [0.2, 0.25) is 5.91 Å². The number of rotatable bonds is 8. The Kier molecular flexibility index (Phi) is 6.77. The number of urea groups is 1. The highest BCUT2D eigenvalue weighted by Crippen LogP contribution is 2.25. The number of imidazole rings is 1. The predicted octanol–water partition coefficient (Wildman–Crippen LogP) is 3.65. The van der Waals surface area contributed by atoms with Gasteiger partial charge in [0.05, 0.1) is 5.69 Å². The molecule has 2 atom stereocenters. The third-order valence-corrected chi connectivity index (χ3v) is 6.05. The summed E-state index contributed by atoms with van der Waals surface area (Å²) in [6.45, 7) is 4.17. The zero-order chi connectivity index (χ0) is 24.2. The summed E-state index contributed by atoms with van der Waals surface area (Å²) < 4.78 is 1.86. The first kappa shape index (κ1) is 23.2. The minimum absolute atomic E-state index is 0.0879. The molecule has 2 N–H and O–H groups in total. The second-order valence-electron chi connectivity index (χ2n) is 8.77. The van der Waals surface area contributed by atoms with Crippen molar-refractivity contribution in [3.8, 4) is 0 Å². The van der Waals surface area contributed by atoms with Crippen LogP contribution in [0.2, 0.25) is 0 Å². The fourth-order valence-corrected chi connectivity index (χ4v) is 4.09. The third-order valence-electron chi connectivity index (χ3n) is 6.05. The van der Waals surface area contributed by atoms with Crippen molar-refractivity contribution < 1.29 is 14.4 Å². The first-order chi connectivity index (χ1) is 16.3. The lowest BCUT2D eigenvalue weighted by Crippen LogP contribution is -2.34. The SMILES string of the molecule is CC(C)c1ccc(N2C(=O)N[C@H](CCC(=O)N[C@@H](c3ccccc3)c3nccn3C)C2=O)cc1. The van der Waals surface area contributed by atoms with Gasteiger partial charge in [-0.2, -0.15) is 0 Å². The van der Waals surface area contributed by atoms with Gasteiger partial charge in [-0.1, -0.05) is 56.3 Å². The number of aromatic nitrogens is 2. The number of benzene rings is 2. The Morgan fingerprint density at radius 2 is 1.76 bits per heavy atom. The lowest BCUT2D eigenvalue weighted by molar-refractivity contribution is -0.122. The summed E-state index contributed by atoms with van der Waals surface area (Å²) in [5.41, 5.74) is 2.56. The number of hydrogen-bond acceptors (Lipinski definition) is 4. The van der Waals surface area contributed by atoms with Crippen LogP contribution < -0.4 is 15.5 Å². The Labute approximate surface area is 199 Å². The lowest BCUT2D eigenvalue weighted by Gasteiger charge is -2.19. The molecule has 3 aromatic rings. The molecule has 8 heteroatoms. The number of aryl methyl sites for hydroxylation is 1. The Morgan fingerprint density at radius 3 is 2.38 bits per heavy atom. The fourth-order valence-electron chi connectivity index (χ4n) is 4.09. The van der Waals surface area contributed by atoms with Crippen LogP contribution in [0.1, 0.15) is 55.6 Å². The van der Waals surface area contributed by atoms with Crippen LogP contribution in [0.5, 0.6) is 0 Å². The first-order valence-electron chi connectivity index (χ1n) is 11.4. The molecule has 0 radical (unpaired) electrons. The second-order valence-corrected chi connectivity index (χ2v) is 8.77. The quantitative estimate of drug-likeness (QED) is 0.503. The Bertz CT molecular complexity index is 1170. The summed E-state index contributed by atoms with van der Waals surface area (Å²) in [6.07, 6.45) is 3.81. The number of nitrogens with zero attached hydrogens (tertiary/aromatic N) is 3. The molecular formula is C26H29N5O3. The van der Waals surface area contributed by atoms with Crippen molar-refractivity contribution in [3.63, 3.8) is 0 Å². The highest BCUT2D eigenvalue weighted by molar-refractivity contribution is 6.21. The predicted molar refractivity (Wildman–Crippen MR) is 129 cm³/mol. The molecule has 176 valence electrons. The van der Waals surface area contributed by atoms with Gasteiger partial charge in [-0.05, 0) is 35.6 Å². The zero-order valence-electron chi connectivity index (χ0n) is 19.6.